The molecule has 0 atom stereocenters. The van der Waals surface area contributed by atoms with Crippen LogP contribution >= 0.6 is 0 Å². The van der Waals surface area contributed by atoms with Gasteiger partial charge in [0, 0.05) is 17.3 Å². The fourth-order valence-corrected chi connectivity index (χ4v) is 2.11. The second kappa shape index (κ2) is 5.79. The van der Waals surface area contributed by atoms with Crippen LogP contribution in [-0.2, 0) is 6.54 Å². The molecule has 0 spiro atoms. The molecule has 0 saturated carbocycles. The highest BCUT2D eigenvalue weighted by Gasteiger charge is 2.07. The zero-order valence-electron chi connectivity index (χ0n) is 11.6. The van der Waals surface area contributed by atoms with Crippen molar-refractivity contribution < 1.29 is 8.91 Å². The molecule has 1 heterocycles. The molecule has 0 unspecified atom stereocenters. The van der Waals surface area contributed by atoms with E-state index in [1.807, 2.05) is 43.3 Å². The minimum Gasteiger partial charge on any atom is -0.377 e. The van der Waals surface area contributed by atoms with Crippen molar-refractivity contribution in [3.8, 4) is 11.3 Å². The number of nitrogens with zero attached hydrogens (tertiary/aromatic N) is 1. The highest BCUT2D eigenvalue weighted by molar-refractivity contribution is 5.58. The Kier molecular flexibility index (Phi) is 3.69. The molecular formula is C17H15FN2O. The molecule has 21 heavy (non-hydrogen) atoms. The molecule has 0 saturated heterocycles. The molecule has 0 aliphatic heterocycles. The average molecular weight is 282 g/mol. The SMILES string of the molecule is Cc1ccc(F)cc1NCc1cc(-c2ccccc2)no1. The Morgan fingerprint density at radius 3 is 2.71 bits per heavy atom. The van der Waals surface area contributed by atoms with Crippen LogP contribution in [0.1, 0.15) is 11.3 Å². The maximum atomic E-state index is 13.2. The van der Waals surface area contributed by atoms with Gasteiger partial charge >= 0.3 is 0 Å². The van der Waals surface area contributed by atoms with Gasteiger partial charge in [0.05, 0.1) is 6.54 Å². The van der Waals surface area contributed by atoms with E-state index in [9.17, 15) is 4.39 Å². The minimum absolute atomic E-state index is 0.259. The molecule has 106 valence electrons. The van der Waals surface area contributed by atoms with Gasteiger partial charge in [0.2, 0.25) is 0 Å². The molecule has 3 aromatic rings. The lowest BCUT2D eigenvalue weighted by molar-refractivity contribution is 0.390. The van der Waals surface area contributed by atoms with Crippen LogP contribution in [0.2, 0.25) is 0 Å². The van der Waals surface area contributed by atoms with Crippen LogP contribution in [0.4, 0.5) is 10.1 Å². The van der Waals surface area contributed by atoms with Gasteiger partial charge in [0.1, 0.15) is 11.5 Å². The molecule has 0 bridgehead atoms. The van der Waals surface area contributed by atoms with E-state index in [2.05, 4.69) is 10.5 Å². The van der Waals surface area contributed by atoms with Crippen LogP contribution in [0.25, 0.3) is 11.3 Å². The summed E-state index contributed by atoms with van der Waals surface area (Å²) >= 11 is 0. The van der Waals surface area contributed by atoms with E-state index >= 15 is 0 Å². The number of benzene rings is 2. The summed E-state index contributed by atoms with van der Waals surface area (Å²) in [6, 6.07) is 16.4. The number of nitrogens with one attached hydrogen (secondary N) is 1. The summed E-state index contributed by atoms with van der Waals surface area (Å²) in [6.07, 6.45) is 0. The molecule has 1 aromatic heterocycles. The summed E-state index contributed by atoms with van der Waals surface area (Å²) < 4.78 is 18.5. The smallest absolute Gasteiger partial charge is 0.156 e. The topological polar surface area (TPSA) is 38.1 Å². The Morgan fingerprint density at radius 2 is 1.90 bits per heavy atom. The third-order valence-electron chi connectivity index (χ3n) is 3.28. The first-order chi connectivity index (χ1) is 10.2. The highest BCUT2D eigenvalue weighted by Crippen LogP contribution is 2.20. The van der Waals surface area contributed by atoms with E-state index in [0.717, 1.165) is 22.5 Å². The van der Waals surface area contributed by atoms with Crippen molar-refractivity contribution >= 4 is 5.69 Å². The standard InChI is InChI=1S/C17H15FN2O/c1-12-7-8-14(18)9-16(12)19-11-15-10-17(20-21-15)13-5-3-2-4-6-13/h2-10,19H,11H2,1H3. The summed E-state index contributed by atoms with van der Waals surface area (Å²) in [5, 5.41) is 7.21. The fourth-order valence-electron chi connectivity index (χ4n) is 2.11. The van der Waals surface area contributed by atoms with Gasteiger partial charge in [-0.3, -0.25) is 0 Å². The van der Waals surface area contributed by atoms with Crippen molar-refractivity contribution in [3.05, 3.63) is 71.7 Å². The molecule has 3 rings (SSSR count). The first-order valence-electron chi connectivity index (χ1n) is 6.73. The van der Waals surface area contributed by atoms with Crippen LogP contribution in [0.5, 0.6) is 0 Å². The quantitative estimate of drug-likeness (QED) is 0.770. The average Bonchev–Trinajstić information content (AvgIpc) is 2.98. The van der Waals surface area contributed by atoms with Crippen molar-refractivity contribution in [3.63, 3.8) is 0 Å². The van der Waals surface area contributed by atoms with Crippen LogP contribution in [0, 0.1) is 12.7 Å². The zero-order valence-corrected chi connectivity index (χ0v) is 11.6. The van der Waals surface area contributed by atoms with Crippen molar-refractivity contribution in [2.24, 2.45) is 0 Å². The lowest BCUT2D eigenvalue weighted by atomic mass is 10.1. The maximum absolute atomic E-state index is 13.2. The summed E-state index contributed by atoms with van der Waals surface area (Å²) in [4.78, 5) is 0. The molecule has 1 N–H and O–H groups in total. The van der Waals surface area contributed by atoms with Crippen LogP contribution in [0.15, 0.2) is 59.1 Å². The van der Waals surface area contributed by atoms with Crippen LogP contribution < -0.4 is 5.32 Å². The third kappa shape index (κ3) is 3.11. The van der Waals surface area contributed by atoms with Gasteiger partial charge in [-0.05, 0) is 24.6 Å². The Bertz CT molecular complexity index is 738. The predicted octanol–water partition coefficient (Wildman–Crippen LogP) is 4.40. The molecule has 0 aliphatic rings. The second-order valence-electron chi connectivity index (χ2n) is 4.86. The molecule has 0 aliphatic carbocycles. The second-order valence-corrected chi connectivity index (χ2v) is 4.86. The van der Waals surface area contributed by atoms with E-state index in [4.69, 9.17) is 4.52 Å². The molecule has 0 radical (unpaired) electrons. The summed E-state index contributed by atoms with van der Waals surface area (Å²) in [5.41, 5.74) is 3.55. The largest absolute Gasteiger partial charge is 0.377 e. The fraction of sp³-hybridized carbons (Fsp3) is 0.118. The van der Waals surface area contributed by atoms with Gasteiger partial charge in [-0.2, -0.15) is 0 Å². The minimum atomic E-state index is -0.259. The first kappa shape index (κ1) is 13.4. The lowest BCUT2D eigenvalue weighted by Gasteiger charge is -2.07. The Balaban J connectivity index is 1.72. The molecule has 4 heteroatoms. The number of hydrogen-bond acceptors (Lipinski definition) is 3. The maximum Gasteiger partial charge on any atom is 0.156 e. The van der Waals surface area contributed by atoms with Crippen molar-refractivity contribution in [1.29, 1.82) is 0 Å². The number of halogens is 1. The normalized spacial score (nSPS) is 10.6. The number of hydrogen-bond donors (Lipinski definition) is 1. The van der Waals surface area contributed by atoms with Crippen LogP contribution in [-0.4, -0.2) is 5.16 Å². The number of anilines is 1. The Morgan fingerprint density at radius 1 is 1.10 bits per heavy atom. The third-order valence-corrected chi connectivity index (χ3v) is 3.28. The summed E-state index contributed by atoms with van der Waals surface area (Å²) in [7, 11) is 0. The number of rotatable bonds is 4. The van der Waals surface area contributed by atoms with Crippen LogP contribution in [0.3, 0.4) is 0 Å². The molecule has 0 amide bonds. The summed E-state index contributed by atoms with van der Waals surface area (Å²) in [5.74, 6) is 0.447. The molecule has 0 fully saturated rings. The lowest BCUT2D eigenvalue weighted by Crippen LogP contribution is -2.00. The highest BCUT2D eigenvalue weighted by atomic mass is 19.1. The Hall–Kier alpha value is -2.62. The number of aromatic nitrogens is 1. The Labute approximate surface area is 122 Å². The van der Waals surface area contributed by atoms with E-state index in [-0.39, 0.29) is 5.82 Å². The van der Waals surface area contributed by atoms with E-state index in [1.54, 1.807) is 6.07 Å². The van der Waals surface area contributed by atoms with Gasteiger partial charge in [0.15, 0.2) is 5.76 Å². The van der Waals surface area contributed by atoms with E-state index in [0.29, 0.717) is 12.3 Å². The molecular weight excluding hydrogens is 267 g/mol. The van der Waals surface area contributed by atoms with Crippen molar-refractivity contribution in [2.75, 3.05) is 5.32 Å². The van der Waals surface area contributed by atoms with Gasteiger partial charge < -0.3 is 9.84 Å². The molecule has 3 nitrogen and oxygen atoms in total. The van der Waals surface area contributed by atoms with Gasteiger partial charge in [-0.25, -0.2) is 4.39 Å². The van der Waals surface area contributed by atoms with Gasteiger partial charge in [0.25, 0.3) is 0 Å². The first-order valence-corrected chi connectivity index (χ1v) is 6.73. The van der Waals surface area contributed by atoms with Gasteiger partial charge in [-0.15, -0.1) is 0 Å². The summed E-state index contributed by atoms with van der Waals surface area (Å²) in [6.45, 7) is 2.39. The van der Waals surface area contributed by atoms with Crippen molar-refractivity contribution in [2.45, 2.75) is 13.5 Å². The zero-order chi connectivity index (χ0) is 14.7. The monoisotopic (exact) mass is 282 g/mol. The van der Waals surface area contributed by atoms with E-state index in [1.165, 1.54) is 12.1 Å². The van der Waals surface area contributed by atoms with Crippen molar-refractivity contribution in [1.82, 2.24) is 5.16 Å². The predicted molar refractivity (Wildman–Crippen MR) is 80.4 cm³/mol. The molecule has 2 aromatic carbocycles. The number of aryl methyl sites for hydroxylation is 1. The van der Waals surface area contributed by atoms with E-state index < -0.39 is 0 Å². The van der Waals surface area contributed by atoms with Gasteiger partial charge in [-0.1, -0.05) is 41.6 Å².